The number of piperidine rings is 1. The van der Waals surface area contributed by atoms with E-state index in [1.54, 1.807) is 0 Å². The van der Waals surface area contributed by atoms with Gasteiger partial charge in [-0.25, -0.2) is 0 Å². The maximum atomic E-state index is 5.55. The molecule has 3 heterocycles. The highest BCUT2D eigenvalue weighted by molar-refractivity contribution is 14.0. The first-order valence-corrected chi connectivity index (χ1v) is 11.7. The number of hydrogen-bond acceptors (Lipinski definition) is 5. The summed E-state index contributed by atoms with van der Waals surface area (Å²) >= 11 is 1.83. The number of nitrogens with zero attached hydrogens (tertiary/aromatic N) is 3. The number of ether oxygens (including phenoxy) is 1. The van der Waals surface area contributed by atoms with Crippen LogP contribution in [0.1, 0.15) is 37.6 Å². The molecule has 6 nitrogen and oxygen atoms in total. The third-order valence-corrected chi connectivity index (χ3v) is 6.69. The van der Waals surface area contributed by atoms with Crippen LogP contribution in [0.3, 0.4) is 0 Å². The van der Waals surface area contributed by atoms with Crippen LogP contribution in [0, 0.1) is 5.92 Å². The van der Waals surface area contributed by atoms with Crippen molar-refractivity contribution in [1.82, 2.24) is 20.4 Å². The zero-order valence-corrected chi connectivity index (χ0v) is 21.1. The molecule has 0 aliphatic carbocycles. The van der Waals surface area contributed by atoms with Crippen molar-refractivity contribution in [3.05, 3.63) is 22.4 Å². The molecule has 0 aromatic carbocycles. The Morgan fingerprint density at radius 1 is 1.24 bits per heavy atom. The summed E-state index contributed by atoms with van der Waals surface area (Å²) in [6.07, 6.45) is 2.66. The molecular formula is C21H38IN5OS. The predicted molar refractivity (Wildman–Crippen MR) is 134 cm³/mol. The van der Waals surface area contributed by atoms with E-state index in [1.807, 2.05) is 11.3 Å². The van der Waals surface area contributed by atoms with E-state index >= 15 is 0 Å². The van der Waals surface area contributed by atoms with Gasteiger partial charge in [0.05, 0.1) is 25.8 Å². The van der Waals surface area contributed by atoms with Crippen LogP contribution in [0.15, 0.2) is 22.5 Å². The van der Waals surface area contributed by atoms with Gasteiger partial charge in [0, 0.05) is 37.6 Å². The fraction of sp³-hybridized carbons (Fsp3) is 0.762. The summed E-state index contributed by atoms with van der Waals surface area (Å²) in [5.74, 6) is 1.82. The molecule has 8 heteroatoms. The Balaban J connectivity index is 0.00000300. The van der Waals surface area contributed by atoms with E-state index < -0.39 is 0 Å². The highest BCUT2D eigenvalue weighted by Crippen LogP contribution is 2.26. The van der Waals surface area contributed by atoms with Crippen molar-refractivity contribution in [3.8, 4) is 0 Å². The molecule has 0 bridgehead atoms. The minimum Gasteiger partial charge on any atom is -0.379 e. The summed E-state index contributed by atoms with van der Waals surface area (Å²) in [4.78, 5) is 11.4. The largest absolute Gasteiger partial charge is 0.379 e. The molecule has 29 heavy (non-hydrogen) atoms. The highest BCUT2D eigenvalue weighted by Gasteiger charge is 2.23. The molecule has 0 spiro atoms. The maximum absolute atomic E-state index is 5.55. The van der Waals surface area contributed by atoms with E-state index in [2.05, 4.69) is 51.8 Å². The molecule has 1 unspecified atom stereocenters. The van der Waals surface area contributed by atoms with E-state index in [-0.39, 0.29) is 24.0 Å². The van der Waals surface area contributed by atoms with Gasteiger partial charge in [0.15, 0.2) is 5.96 Å². The van der Waals surface area contributed by atoms with Gasteiger partial charge in [-0.3, -0.25) is 9.89 Å². The van der Waals surface area contributed by atoms with E-state index in [0.29, 0.717) is 6.04 Å². The molecule has 1 atom stereocenters. The van der Waals surface area contributed by atoms with Gasteiger partial charge in [-0.05, 0) is 50.2 Å². The van der Waals surface area contributed by atoms with Gasteiger partial charge in [-0.1, -0.05) is 13.0 Å². The standard InChI is InChI=1S/C21H37N5OS.HI/c1-3-22-21(23-8-11-25-9-6-18(2)7-10-25)24-17-19(20-5-4-16-28-20)26-12-14-27-15-13-26;/h4-5,16,18-19H,3,6-15,17H2,1-2H3,(H2,22,23,24);1H. The topological polar surface area (TPSA) is 52.1 Å². The second-order valence-corrected chi connectivity index (χ2v) is 8.83. The first kappa shape index (κ1) is 24.8. The van der Waals surface area contributed by atoms with Crippen LogP contribution in [-0.2, 0) is 4.74 Å². The molecule has 0 amide bonds. The molecule has 3 rings (SSSR count). The van der Waals surface area contributed by atoms with Crippen LogP contribution in [-0.4, -0.2) is 81.3 Å². The lowest BCUT2D eigenvalue weighted by Gasteiger charge is -2.33. The molecule has 2 N–H and O–H groups in total. The van der Waals surface area contributed by atoms with Gasteiger partial charge in [-0.2, -0.15) is 0 Å². The average molecular weight is 536 g/mol. The second-order valence-electron chi connectivity index (χ2n) is 7.85. The van der Waals surface area contributed by atoms with Crippen LogP contribution in [0.5, 0.6) is 0 Å². The Hall–Kier alpha value is -0.420. The Morgan fingerprint density at radius 3 is 2.66 bits per heavy atom. The molecule has 1 aromatic heterocycles. The number of guanidine groups is 1. The van der Waals surface area contributed by atoms with Crippen molar-refractivity contribution in [3.63, 3.8) is 0 Å². The van der Waals surface area contributed by atoms with E-state index in [9.17, 15) is 0 Å². The smallest absolute Gasteiger partial charge is 0.191 e. The molecule has 1 aromatic rings. The van der Waals surface area contributed by atoms with Crippen molar-refractivity contribution in [2.75, 3.05) is 65.6 Å². The van der Waals surface area contributed by atoms with Gasteiger partial charge in [0.25, 0.3) is 0 Å². The summed E-state index contributed by atoms with van der Waals surface area (Å²) < 4.78 is 5.55. The van der Waals surface area contributed by atoms with Gasteiger partial charge in [0.2, 0.25) is 0 Å². The summed E-state index contributed by atoms with van der Waals surface area (Å²) in [5.41, 5.74) is 0. The SMILES string of the molecule is CCNC(=NCC(c1cccs1)N1CCOCC1)NCCN1CCC(C)CC1.I. The van der Waals surface area contributed by atoms with Crippen LogP contribution >= 0.6 is 35.3 Å². The summed E-state index contributed by atoms with van der Waals surface area (Å²) in [6, 6.07) is 4.71. The molecule has 2 aliphatic heterocycles. The van der Waals surface area contributed by atoms with Crippen molar-refractivity contribution < 1.29 is 4.74 Å². The lowest BCUT2D eigenvalue weighted by atomic mass is 9.99. The van der Waals surface area contributed by atoms with Crippen molar-refractivity contribution >= 4 is 41.3 Å². The fourth-order valence-corrected chi connectivity index (χ4v) is 4.75. The second kappa shape index (κ2) is 13.8. The summed E-state index contributed by atoms with van der Waals surface area (Å²) in [7, 11) is 0. The van der Waals surface area contributed by atoms with Crippen molar-refractivity contribution in [2.24, 2.45) is 10.9 Å². The van der Waals surface area contributed by atoms with Crippen LogP contribution < -0.4 is 10.6 Å². The van der Waals surface area contributed by atoms with Gasteiger partial charge >= 0.3 is 0 Å². The number of aliphatic imine (C=N–C) groups is 1. The Kier molecular flexibility index (Phi) is 11.8. The van der Waals surface area contributed by atoms with E-state index in [0.717, 1.165) is 64.4 Å². The van der Waals surface area contributed by atoms with Crippen LogP contribution in [0.25, 0.3) is 0 Å². The van der Waals surface area contributed by atoms with Crippen LogP contribution in [0.2, 0.25) is 0 Å². The number of rotatable bonds is 8. The molecule has 0 radical (unpaired) electrons. The number of thiophene rings is 1. The van der Waals surface area contributed by atoms with Gasteiger partial charge in [-0.15, -0.1) is 35.3 Å². The first-order chi connectivity index (χ1) is 13.8. The van der Waals surface area contributed by atoms with Crippen molar-refractivity contribution in [2.45, 2.75) is 32.7 Å². The number of hydrogen-bond donors (Lipinski definition) is 2. The van der Waals surface area contributed by atoms with E-state index in [4.69, 9.17) is 9.73 Å². The lowest BCUT2D eigenvalue weighted by Crippen LogP contribution is -2.44. The number of likely N-dealkylation sites (tertiary alicyclic amines) is 1. The lowest BCUT2D eigenvalue weighted by molar-refractivity contribution is 0.0186. The third-order valence-electron chi connectivity index (χ3n) is 5.72. The molecule has 2 aliphatic rings. The van der Waals surface area contributed by atoms with Crippen molar-refractivity contribution in [1.29, 1.82) is 0 Å². The number of nitrogens with one attached hydrogen (secondary N) is 2. The number of morpholine rings is 1. The normalized spacial score (nSPS) is 20.8. The quantitative estimate of drug-likeness (QED) is 0.305. The minimum absolute atomic E-state index is 0. The van der Waals surface area contributed by atoms with Gasteiger partial charge in [0.1, 0.15) is 0 Å². The minimum atomic E-state index is 0. The molecule has 2 saturated heterocycles. The average Bonchev–Trinajstić information content (AvgIpc) is 3.25. The van der Waals surface area contributed by atoms with Crippen LogP contribution in [0.4, 0.5) is 0 Å². The summed E-state index contributed by atoms with van der Waals surface area (Å²) in [6.45, 7) is 14.2. The monoisotopic (exact) mass is 535 g/mol. The molecular weight excluding hydrogens is 497 g/mol. The first-order valence-electron chi connectivity index (χ1n) is 10.9. The van der Waals surface area contributed by atoms with E-state index in [1.165, 1.54) is 30.8 Å². The Bertz CT molecular complexity index is 572. The third kappa shape index (κ3) is 8.32. The molecule has 2 fully saturated rings. The Morgan fingerprint density at radius 2 is 2.00 bits per heavy atom. The van der Waals surface area contributed by atoms with Gasteiger partial charge < -0.3 is 20.3 Å². The predicted octanol–water partition coefficient (Wildman–Crippen LogP) is 3.03. The fourth-order valence-electron chi connectivity index (χ4n) is 3.89. The summed E-state index contributed by atoms with van der Waals surface area (Å²) in [5, 5.41) is 9.11. The zero-order valence-electron chi connectivity index (χ0n) is 17.9. The zero-order chi connectivity index (χ0) is 19.6. The Labute approximate surface area is 197 Å². The highest BCUT2D eigenvalue weighted by atomic mass is 127. The molecule has 0 saturated carbocycles. The molecule has 166 valence electrons. The number of halogens is 1. The maximum Gasteiger partial charge on any atom is 0.191 e.